The van der Waals surface area contributed by atoms with Gasteiger partial charge in [0.2, 0.25) is 0 Å². The Bertz CT molecular complexity index is 2230. The fourth-order valence-corrected chi connectivity index (χ4v) is 7.36. The van der Waals surface area contributed by atoms with Crippen LogP contribution < -0.4 is 0 Å². The summed E-state index contributed by atoms with van der Waals surface area (Å²) in [5.41, 5.74) is 10.2. The Morgan fingerprint density at radius 1 is 0.436 bits per heavy atom. The minimum absolute atomic E-state index is 0.158. The van der Waals surface area contributed by atoms with Gasteiger partial charge in [-0.25, -0.2) is 0 Å². The lowest BCUT2D eigenvalue weighted by Crippen LogP contribution is -2.15. The Balaban J connectivity index is 1.74. The van der Waals surface area contributed by atoms with Crippen molar-refractivity contribution in [3.05, 3.63) is 132 Å². The molecule has 1 aliphatic rings. The van der Waals surface area contributed by atoms with Gasteiger partial charge in [-0.05, 0) is 69.1 Å². The minimum Gasteiger partial charge on any atom is -0.307 e. The molecule has 0 spiro atoms. The highest BCUT2D eigenvalue weighted by atomic mass is 15.0. The first-order valence-corrected chi connectivity index (χ1v) is 13.7. The van der Waals surface area contributed by atoms with Crippen molar-refractivity contribution in [3.63, 3.8) is 0 Å². The van der Waals surface area contributed by atoms with Gasteiger partial charge in [0, 0.05) is 27.2 Å². The van der Waals surface area contributed by atoms with Crippen LogP contribution in [0, 0.1) is 0 Å². The number of rotatable bonds is 0. The van der Waals surface area contributed by atoms with Crippen molar-refractivity contribution in [1.82, 2.24) is 8.80 Å². The third-order valence-corrected chi connectivity index (χ3v) is 8.98. The van der Waals surface area contributed by atoms with Crippen LogP contribution in [0.25, 0.3) is 65.4 Å². The molecule has 0 saturated heterocycles. The van der Waals surface area contributed by atoms with E-state index in [0.717, 1.165) is 0 Å². The van der Waals surface area contributed by atoms with Crippen molar-refractivity contribution in [2.24, 2.45) is 0 Å². The lowest BCUT2D eigenvalue weighted by Gasteiger charge is -2.21. The Labute approximate surface area is 225 Å². The maximum atomic E-state index is 2.51. The predicted octanol–water partition coefficient (Wildman–Crippen LogP) is 9.72. The lowest BCUT2D eigenvalue weighted by atomic mass is 9.80. The summed E-state index contributed by atoms with van der Waals surface area (Å²) in [5, 5.41) is 7.59. The maximum Gasteiger partial charge on any atom is 0.0753 e. The van der Waals surface area contributed by atoms with Crippen LogP contribution in [0.3, 0.4) is 0 Å². The van der Waals surface area contributed by atoms with Gasteiger partial charge in [-0.15, -0.1) is 0 Å². The van der Waals surface area contributed by atoms with Gasteiger partial charge in [0.15, 0.2) is 0 Å². The molecule has 184 valence electrons. The average molecular weight is 499 g/mol. The molecule has 0 unspecified atom stereocenters. The quantitative estimate of drug-likeness (QED) is 0.197. The number of para-hydroxylation sites is 2. The molecule has 0 aliphatic heterocycles. The monoisotopic (exact) mass is 498 g/mol. The topological polar surface area (TPSA) is 8.82 Å². The van der Waals surface area contributed by atoms with E-state index in [9.17, 15) is 0 Å². The van der Waals surface area contributed by atoms with E-state index >= 15 is 0 Å². The first-order valence-electron chi connectivity index (χ1n) is 13.7. The van der Waals surface area contributed by atoms with E-state index in [-0.39, 0.29) is 5.41 Å². The fraction of sp³-hybridized carbons (Fsp3) is 0.0811. The number of hydrogen-bond acceptors (Lipinski definition) is 0. The number of fused-ring (bicyclic) bond motifs is 6. The highest BCUT2D eigenvalue weighted by molar-refractivity contribution is 6.12. The molecule has 39 heavy (non-hydrogen) atoms. The van der Waals surface area contributed by atoms with Crippen molar-refractivity contribution in [2.45, 2.75) is 19.3 Å². The Hall–Kier alpha value is -4.82. The van der Waals surface area contributed by atoms with Crippen LogP contribution >= 0.6 is 0 Å². The van der Waals surface area contributed by atoms with Gasteiger partial charge >= 0.3 is 0 Å². The van der Waals surface area contributed by atoms with Gasteiger partial charge in [0.1, 0.15) is 0 Å². The first-order chi connectivity index (χ1) is 19.1. The van der Waals surface area contributed by atoms with Crippen LogP contribution in [0.4, 0.5) is 0 Å². The zero-order chi connectivity index (χ0) is 25.9. The summed E-state index contributed by atoms with van der Waals surface area (Å²) in [6, 6.07) is 45.0. The maximum absolute atomic E-state index is 2.51. The SMILES string of the molecule is CC1(C)c2c3ccccc3n3c4cccc(c4)c4ccc(cc4)c4cccc(c4)n4c5ccccc5c1c4c23. The Morgan fingerprint density at radius 2 is 0.872 bits per heavy atom. The second-order valence-corrected chi connectivity index (χ2v) is 11.5. The summed E-state index contributed by atoms with van der Waals surface area (Å²) in [6.45, 7) is 4.82. The van der Waals surface area contributed by atoms with Crippen molar-refractivity contribution in [2.75, 3.05) is 0 Å². The molecule has 2 heteroatoms. The summed E-state index contributed by atoms with van der Waals surface area (Å²) in [5.74, 6) is 0. The van der Waals surface area contributed by atoms with E-state index in [1.54, 1.807) is 0 Å². The molecule has 6 bridgehead atoms. The van der Waals surface area contributed by atoms with Crippen LogP contribution in [-0.4, -0.2) is 8.80 Å². The molecule has 0 radical (unpaired) electrons. The highest BCUT2D eigenvalue weighted by Crippen LogP contribution is 2.52. The third-order valence-electron chi connectivity index (χ3n) is 8.98. The van der Waals surface area contributed by atoms with Crippen molar-refractivity contribution >= 4 is 65.4 Å². The Morgan fingerprint density at radius 3 is 1.33 bits per heavy atom. The van der Waals surface area contributed by atoms with Crippen LogP contribution in [-0.2, 0) is 5.41 Å². The molecule has 1 aliphatic carbocycles. The van der Waals surface area contributed by atoms with Gasteiger partial charge in [-0.2, -0.15) is 0 Å². The second-order valence-electron chi connectivity index (χ2n) is 11.5. The van der Waals surface area contributed by atoms with E-state index in [1.165, 1.54) is 76.5 Å². The van der Waals surface area contributed by atoms with E-state index in [4.69, 9.17) is 0 Å². The number of aromatic nitrogens is 2. The van der Waals surface area contributed by atoms with E-state index in [1.807, 2.05) is 0 Å². The molecule has 0 N–H and O–H groups in total. The largest absolute Gasteiger partial charge is 0.307 e. The molecule has 9 aromatic rings. The summed E-state index contributed by atoms with van der Waals surface area (Å²) in [7, 11) is 0. The molecule has 0 fully saturated rings. The summed E-state index contributed by atoms with van der Waals surface area (Å²) < 4.78 is 5.03. The molecule has 2 nitrogen and oxygen atoms in total. The number of hydrogen-bond donors (Lipinski definition) is 0. The van der Waals surface area contributed by atoms with Crippen molar-refractivity contribution < 1.29 is 0 Å². The second kappa shape index (κ2) is 7.18. The zero-order valence-electron chi connectivity index (χ0n) is 21.9. The lowest BCUT2D eigenvalue weighted by molar-refractivity contribution is 0.674. The predicted molar refractivity (Wildman–Crippen MR) is 166 cm³/mol. The van der Waals surface area contributed by atoms with E-state index in [2.05, 4.69) is 144 Å². The first kappa shape index (κ1) is 21.2. The third kappa shape index (κ3) is 2.61. The summed E-state index contributed by atoms with van der Waals surface area (Å²) in [6.07, 6.45) is 0. The minimum atomic E-state index is -0.158. The molecule has 0 saturated carbocycles. The van der Waals surface area contributed by atoms with Crippen molar-refractivity contribution in [3.8, 4) is 0 Å². The smallest absolute Gasteiger partial charge is 0.0753 e. The molecule has 10 rings (SSSR count). The standard InChI is InChI=1S/C37H26N2/c1-37(2)33-29-13-3-5-15-31(29)38-27-11-7-9-25(21-27)23-17-19-24(20-18-23)26-10-8-12-28(22-26)39-32-16-6-4-14-30(32)34(37)36(39)35(33)38/h3-22H,1-2H3. The average Bonchev–Trinajstić information content (AvgIpc) is 3.58. The molecular formula is C37H26N2. The molecule has 0 amide bonds. The highest BCUT2D eigenvalue weighted by Gasteiger charge is 2.40. The summed E-state index contributed by atoms with van der Waals surface area (Å²) >= 11 is 0. The van der Waals surface area contributed by atoms with E-state index in [0.29, 0.717) is 0 Å². The fourth-order valence-electron chi connectivity index (χ4n) is 7.36. The summed E-state index contributed by atoms with van der Waals surface area (Å²) in [4.78, 5) is 0. The van der Waals surface area contributed by atoms with Gasteiger partial charge in [0.25, 0.3) is 0 Å². The molecule has 0 atom stereocenters. The number of benzene rings is 5. The molecule has 4 heterocycles. The van der Waals surface area contributed by atoms with Gasteiger partial charge in [-0.3, -0.25) is 0 Å². The molecule has 4 aromatic heterocycles. The van der Waals surface area contributed by atoms with Crippen molar-refractivity contribution in [1.29, 1.82) is 0 Å². The zero-order valence-corrected chi connectivity index (χ0v) is 21.9. The molecule has 5 aromatic carbocycles. The van der Waals surface area contributed by atoms with E-state index < -0.39 is 0 Å². The molecular weight excluding hydrogens is 472 g/mol. The van der Waals surface area contributed by atoms with Gasteiger partial charge < -0.3 is 8.80 Å². The normalized spacial score (nSPS) is 14.1. The van der Waals surface area contributed by atoms with Crippen LogP contribution in [0.2, 0.25) is 0 Å². The van der Waals surface area contributed by atoms with Crippen LogP contribution in [0.15, 0.2) is 121 Å². The number of nitrogens with zero attached hydrogens (tertiary/aromatic N) is 2. The van der Waals surface area contributed by atoms with Gasteiger partial charge in [-0.1, -0.05) is 98.8 Å². The van der Waals surface area contributed by atoms with Crippen LogP contribution in [0.1, 0.15) is 25.0 Å². The Kier molecular flexibility index (Phi) is 3.89. The van der Waals surface area contributed by atoms with Gasteiger partial charge in [0.05, 0.1) is 22.1 Å². The van der Waals surface area contributed by atoms with Crippen LogP contribution in [0.5, 0.6) is 0 Å².